The SMILES string of the molecule is CC1CCCC(N2CCCCCC2C(=O)O)CC1. The minimum absolute atomic E-state index is 0.217. The van der Waals surface area contributed by atoms with Gasteiger partial charge in [0.25, 0.3) is 0 Å². The molecule has 1 N–H and O–H groups in total. The van der Waals surface area contributed by atoms with Gasteiger partial charge in [0.15, 0.2) is 0 Å². The molecule has 3 atom stereocenters. The fourth-order valence-corrected chi connectivity index (χ4v) is 3.63. The predicted molar refractivity (Wildman–Crippen MR) is 72.6 cm³/mol. The molecule has 1 aliphatic carbocycles. The maximum absolute atomic E-state index is 11.5. The van der Waals surface area contributed by atoms with Gasteiger partial charge in [-0.2, -0.15) is 0 Å². The van der Waals surface area contributed by atoms with Crippen LogP contribution < -0.4 is 0 Å². The second-order valence-corrected chi connectivity index (χ2v) is 6.21. The fraction of sp³-hybridized carbons (Fsp3) is 0.933. The van der Waals surface area contributed by atoms with E-state index in [0.717, 1.165) is 25.3 Å². The lowest BCUT2D eigenvalue weighted by Crippen LogP contribution is -2.46. The van der Waals surface area contributed by atoms with Gasteiger partial charge < -0.3 is 5.11 Å². The molecule has 3 nitrogen and oxygen atoms in total. The number of carbonyl (C=O) groups is 1. The van der Waals surface area contributed by atoms with Crippen LogP contribution in [0.1, 0.15) is 64.7 Å². The van der Waals surface area contributed by atoms with E-state index < -0.39 is 5.97 Å². The van der Waals surface area contributed by atoms with Crippen LogP contribution in [0.3, 0.4) is 0 Å². The van der Waals surface area contributed by atoms with Crippen LogP contribution in [0, 0.1) is 5.92 Å². The number of likely N-dealkylation sites (tertiary alicyclic amines) is 1. The van der Waals surface area contributed by atoms with Crippen LogP contribution in [-0.4, -0.2) is 34.6 Å². The van der Waals surface area contributed by atoms with Crippen LogP contribution in [-0.2, 0) is 4.79 Å². The number of carboxylic acids is 1. The number of hydrogen-bond acceptors (Lipinski definition) is 2. The maximum Gasteiger partial charge on any atom is 0.320 e. The fourth-order valence-electron chi connectivity index (χ4n) is 3.63. The van der Waals surface area contributed by atoms with Gasteiger partial charge in [-0.05, 0) is 44.6 Å². The van der Waals surface area contributed by atoms with Crippen molar-refractivity contribution in [3.63, 3.8) is 0 Å². The molecule has 0 spiro atoms. The smallest absolute Gasteiger partial charge is 0.320 e. The van der Waals surface area contributed by atoms with E-state index in [0.29, 0.717) is 6.04 Å². The van der Waals surface area contributed by atoms with E-state index in [4.69, 9.17) is 0 Å². The maximum atomic E-state index is 11.5. The Morgan fingerprint density at radius 1 is 1.00 bits per heavy atom. The Hall–Kier alpha value is -0.570. The average Bonchev–Trinajstić information content (AvgIpc) is 2.68. The first kappa shape index (κ1) is 13.9. The molecule has 0 bridgehead atoms. The van der Waals surface area contributed by atoms with E-state index in [2.05, 4.69) is 11.8 Å². The molecule has 3 unspecified atom stereocenters. The highest BCUT2D eigenvalue weighted by atomic mass is 16.4. The number of aliphatic carboxylic acids is 1. The second kappa shape index (κ2) is 6.55. The standard InChI is InChI=1S/C15H27NO2/c1-12-6-5-7-13(10-9-12)16-11-4-2-3-8-14(16)15(17)18/h12-14H,2-11H2,1H3,(H,17,18). The summed E-state index contributed by atoms with van der Waals surface area (Å²) in [6.07, 6.45) is 10.6. The Balaban J connectivity index is 2.04. The van der Waals surface area contributed by atoms with Gasteiger partial charge in [0, 0.05) is 6.04 Å². The summed E-state index contributed by atoms with van der Waals surface area (Å²) in [6, 6.07) is 0.306. The minimum Gasteiger partial charge on any atom is -0.480 e. The summed E-state index contributed by atoms with van der Waals surface area (Å²) in [5.74, 6) is 0.222. The number of nitrogens with zero attached hydrogens (tertiary/aromatic N) is 1. The van der Waals surface area contributed by atoms with Crippen molar-refractivity contribution in [2.45, 2.75) is 76.8 Å². The van der Waals surface area contributed by atoms with Gasteiger partial charge >= 0.3 is 5.97 Å². The summed E-state index contributed by atoms with van der Waals surface area (Å²) >= 11 is 0. The van der Waals surface area contributed by atoms with Crippen LogP contribution in [0.2, 0.25) is 0 Å². The summed E-state index contributed by atoms with van der Waals surface area (Å²) in [6.45, 7) is 3.33. The molecule has 1 heterocycles. The number of hydrogen-bond donors (Lipinski definition) is 1. The molecule has 104 valence electrons. The van der Waals surface area contributed by atoms with E-state index >= 15 is 0 Å². The third-order valence-electron chi connectivity index (χ3n) is 4.78. The largest absolute Gasteiger partial charge is 0.480 e. The van der Waals surface area contributed by atoms with Crippen LogP contribution in [0.25, 0.3) is 0 Å². The lowest BCUT2D eigenvalue weighted by Gasteiger charge is -2.34. The molecule has 2 fully saturated rings. The molecule has 2 rings (SSSR count). The third-order valence-corrected chi connectivity index (χ3v) is 4.78. The molecule has 0 radical (unpaired) electrons. The molecule has 18 heavy (non-hydrogen) atoms. The van der Waals surface area contributed by atoms with E-state index in [1.165, 1.54) is 44.9 Å². The van der Waals surface area contributed by atoms with Gasteiger partial charge in [-0.1, -0.05) is 32.6 Å². The minimum atomic E-state index is -0.603. The van der Waals surface area contributed by atoms with Crippen molar-refractivity contribution >= 4 is 5.97 Å². The molecule has 1 saturated carbocycles. The van der Waals surface area contributed by atoms with E-state index in [-0.39, 0.29) is 6.04 Å². The highest BCUT2D eigenvalue weighted by Gasteiger charge is 2.32. The topological polar surface area (TPSA) is 40.5 Å². The lowest BCUT2D eigenvalue weighted by atomic mass is 10.0. The van der Waals surface area contributed by atoms with Crippen LogP contribution in [0.5, 0.6) is 0 Å². The van der Waals surface area contributed by atoms with Gasteiger partial charge in [-0.15, -0.1) is 0 Å². The van der Waals surface area contributed by atoms with Gasteiger partial charge in [0.1, 0.15) is 6.04 Å². The Morgan fingerprint density at radius 2 is 1.83 bits per heavy atom. The van der Waals surface area contributed by atoms with Crippen molar-refractivity contribution in [2.75, 3.05) is 6.54 Å². The highest BCUT2D eigenvalue weighted by Crippen LogP contribution is 2.29. The second-order valence-electron chi connectivity index (χ2n) is 6.21. The van der Waals surface area contributed by atoms with Crippen molar-refractivity contribution < 1.29 is 9.90 Å². The molecule has 0 aromatic heterocycles. The molecule has 0 aromatic rings. The highest BCUT2D eigenvalue weighted by molar-refractivity contribution is 5.73. The van der Waals surface area contributed by atoms with Crippen LogP contribution in [0.15, 0.2) is 0 Å². The quantitative estimate of drug-likeness (QED) is 0.768. The van der Waals surface area contributed by atoms with Crippen molar-refractivity contribution in [3.05, 3.63) is 0 Å². The Labute approximate surface area is 111 Å². The average molecular weight is 253 g/mol. The zero-order valence-corrected chi connectivity index (χ0v) is 11.6. The Kier molecular flexibility index (Phi) is 5.04. The normalized spacial score (nSPS) is 35.7. The first-order chi connectivity index (χ1) is 8.68. The Bertz CT molecular complexity index is 280. The molecular formula is C15H27NO2. The van der Waals surface area contributed by atoms with Crippen molar-refractivity contribution in [2.24, 2.45) is 5.92 Å². The zero-order chi connectivity index (χ0) is 13.0. The zero-order valence-electron chi connectivity index (χ0n) is 11.6. The lowest BCUT2D eigenvalue weighted by molar-refractivity contribution is -0.144. The molecule has 1 saturated heterocycles. The first-order valence-corrected chi connectivity index (χ1v) is 7.67. The van der Waals surface area contributed by atoms with E-state index in [1.807, 2.05) is 0 Å². The Morgan fingerprint density at radius 3 is 2.61 bits per heavy atom. The summed E-state index contributed by atoms with van der Waals surface area (Å²) in [4.78, 5) is 13.8. The molecule has 0 amide bonds. The molecule has 3 heteroatoms. The predicted octanol–water partition coefficient (Wildman–Crippen LogP) is 3.28. The third kappa shape index (κ3) is 3.47. The van der Waals surface area contributed by atoms with Crippen LogP contribution in [0.4, 0.5) is 0 Å². The van der Waals surface area contributed by atoms with E-state index in [9.17, 15) is 9.90 Å². The molecule has 2 aliphatic rings. The van der Waals surface area contributed by atoms with Gasteiger partial charge in [0.05, 0.1) is 0 Å². The monoisotopic (exact) mass is 253 g/mol. The van der Waals surface area contributed by atoms with Gasteiger partial charge in [0.2, 0.25) is 0 Å². The van der Waals surface area contributed by atoms with Crippen molar-refractivity contribution in [3.8, 4) is 0 Å². The summed E-state index contributed by atoms with van der Waals surface area (Å²) < 4.78 is 0. The van der Waals surface area contributed by atoms with Gasteiger partial charge in [-0.25, -0.2) is 0 Å². The molecular weight excluding hydrogens is 226 g/mol. The summed E-state index contributed by atoms with van der Waals surface area (Å²) in [5.41, 5.74) is 0. The first-order valence-electron chi connectivity index (χ1n) is 7.67. The summed E-state index contributed by atoms with van der Waals surface area (Å²) in [5, 5.41) is 9.44. The van der Waals surface area contributed by atoms with Crippen molar-refractivity contribution in [1.29, 1.82) is 0 Å². The number of rotatable bonds is 2. The van der Waals surface area contributed by atoms with Crippen LogP contribution >= 0.6 is 0 Å². The van der Waals surface area contributed by atoms with Crippen molar-refractivity contribution in [1.82, 2.24) is 4.90 Å². The van der Waals surface area contributed by atoms with Gasteiger partial charge in [-0.3, -0.25) is 9.69 Å². The summed E-state index contributed by atoms with van der Waals surface area (Å²) in [7, 11) is 0. The molecule has 0 aromatic carbocycles. The molecule has 1 aliphatic heterocycles. The van der Waals surface area contributed by atoms with E-state index in [1.54, 1.807) is 0 Å². The number of carboxylic acid groups (broad SMARTS) is 1.